The lowest BCUT2D eigenvalue weighted by Gasteiger charge is -2.35. The monoisotopic (exact) mass is 675 g/mol. The van der Waals surface area contributed by atoms with Crippen molar-refractivity contribution >= 4 is 34.0 Å². The Morgan fingerprint density at radius 2 is 1.90 bits per heavy atom. The summed E-state index contributed by atoms with van der Waals surface area (Å²) in [4.78, 5) is 24.6. The number of piperazine rings is 1. The van der Waals surface area contributed by atoms with E-state index in [0.717, 1.165) is 38.3 Å². The van der Waals surface area contributed by atoms with E-state index in [1.54, 1.807) is 0 Å². The number of terminal acetylenes is 1. The second-order valence-electron chi connectivity index (χ2n) is 13.3. The van der Waals surface area contributed by atoms with Crippen LogP contribution in [0.4, 0.5) is 23.4 Å². The van der Waals surface area contributed by atoms with Crippen LogP contribution >= 0.6 is 0 Å². The summed E-state index contributed by atoms with van der Waals surface area (Å²) in [5, 5.41) is 3.88. The van der Waals surface area contributed by atoms with Gasteiger partial charge in [0.15, 0.2) is 17.4 Å². The van der Waals surface area contributed by atoms with E-state index in [-0.39, 0.29) is 81.3 Å². The molecule has 0 spiro atoms. The van der Waals surface area contributed by atoms with Crippen LogP contribution in [0.3, 0.4) is 0 Å². The van der Waals surface area contributed by atoms with Crippen molar-refractivity contribution in [3.8, 4) is 41.0 Å². The van der Waals surface area contributed by atoms with Gasteiger partial charge in [-0.1, -0.05) is 12.0 Å². The van der Waals surface area contributed by atoms with Gasteiger partial charge >= 0.3 is 6.01 Å². The number of fused-ring (bicyclic) bond motifs is 5. The molecule has 4 aliphatic rings. The van der Waals surface area contributed by atoms with Gasteiger partial charge in [0.2, 0.25) is 0 Å². The van der Waals surface area contributed by atoms with E-state index in [4.69, 9.17) is 25.6 Å². The van der Waals surface area contributed by atoms with E-state index in [2.05, 4.69) is 21.1 Å². The first kappa shape index (κ1) is 31.6. The summed E-state index contributed by atoms with van der Waals surface area (Å²) in [5.74, 6) is -0.801. The molecule has 49 heavy (non-hydrogen) atoms. The molecule has 0 radical (unpaired) electrons. The Balaban J connectivity index is 1.36. The second-order valence-corrected chi connectivity index (χ2v) is 13.3. The van der Waals surface area contributed by atoms with Gasteiger partial charge in [-0.05, 0) is 55.8 Å². The van der Waals surface area contributed by atoms with Crippen molar-refractivity contribution in [2.75, 3.05) is 44.8 Å². The molecule has 3 aromatic carbocycles. The molecule has 0 amide bonds. The molecule has 0 saturated carbocycles. The van der Waals surface area contributed by atoms with Crippen LogP contribution in [0.2, 0.25) is 0 Å². The van der Waals surface area contributed by atoms with Crippen molar-refractivity contribution < 1.29 is 36.6 Å². The SMILES string of the molecule is C#Cc1c(F)ccc2cc(OC=O)cc(-c3c(F)c(OC)c4c(N5CC6CCC(C5)N6)nc(OC[C@@]56CCCN5C[C@H](F)C6)nc4c3F)c12. The molecule has 0 aliphatic carbocycles. The Hall–Kier alpha value is -4.67. The number of nitrogens with one attached hydrogen (secondary N) is 1. The fraction of sp³-hybridized carbons (Fsp3) is 0.417. The topological polar surface area (TPSA) is 89.0 Å². The highest BCUT2D eigenvalue weighted by molar-refractivity contribution is 6.06. The van der Waals surface area contributed by atoms with Crippen LogP contribution < -0.4 is 24.4 Å². The number of halogens is 4. The molecule has 5 heterocycles. The van der Waals surface area contributed by atoms with Gasteiger partial charge in [0, 0.05) is 49.1 Å². The number of aromatic nitrogens is 2. The molecule has 4 aromatic rings. The molecule has 1 aromatic heterocycles. The Labute approximate surface area is 279 Å². The summed E-state index contributed by atoms with van der Waals surface area (Å²) in [6, 6.07) is 5.31. The van der Waals surface area contributed by atoms with Crippen LogP contribution in [0.15, 0.2) is 24.3 Å². The van der Waals surface area contributed by atoms with Gasteiger partial charge in [-0.25, -0.2) is 17.6 Å². The number of rotatable bonds is 8. The van der Waals surface area contributed by atoms with E-state index in [1.807, 2.05) is 4.90 Å². The van der Waals surface area contributed by atoms with Gasteiger partial charge in [-0.15, -0.1) is 6.42 Å². The third-order valence-corrected chi connectivity index (χ3v) is 10.5. The number of carbonyl (C=O) groups is 1. The number of nitrogens with zero attached hydrogens (tertiary/aromatic N) is 4. The normalized spacial score (nSPS) is 24.7. The molecular formula is C36H33F4N5O4. The first-order valence-electron chi connectivity index (χ1n) is 16.4. The third kappa shape index (κ3) is 5.11. The Morgan fingerprint density at radius 3 is 2.63 bits per heavy atom. The zero-order valence-corrected chi connectivity index (χ0v) is 26.7. The van der Waals surface area contributed by atoms with Gasteiger partial charge < -0.3 is 24.4 Å². The lowest BCUT2D eigenvalue weighted by Crippen LogP contribution is -2.51. The quantitative estimate of drug-likeness (QED) is 0.152. The molecule has 9 nitrogen and oxygen atoms in total. The zero-order chi connectivity index (χ0) is 34.0. The Bertz CT molecular complexity index is 2040. The molecule has 2 unspecified atom stereocenters. The zero-order valence-electron chi connectivity index (χ0n) is 26.7. The first-order valence-corrected chi connectivity index (χ1v) is 16.4. The third-order valence-electron chi connectivity index (χ3n) is 10.5. The standard InChI is InChI=1S/C36H33F4N5O4/c1-3-24-26(38)8-5-19-11-23(49-18-46)12-25(27(19)24)28-30(39)32-29(33(47-2)31(28)40)34(44-15-21-6-7-22(16-44)41-21)43-35(42-32)48-17-36-9-4-10-45(36)14-20(37)13-36/h1,5,8,11-12,18,20-22,41H,4,6-7,9-10,13-17H2,2H3/t20-,21?,22?,36+/m1/s1. The maximum atomic E-state index is 17.2. The molecule has 4 aliphatic heterocycles. The number of carbonyl (C=O) groups excluding carboxylic acids is 1. The number of hydrogen-bond acceptors (Lipinski definition) is 9. The molecule has 8 rings (SSSR count). The summed E-state index contributed by atoms with van der Waals surface area (Å²) in [6.07, 6.45) is 8.57. The molecule has 2 bridgehead atoms. The van der Waals surface area contributed by atoms with E-state index in [9.17, 15) is 9.18 Å². The summed E-state index contributed by atoms with van der Waals surface area (Å²) in [7, 11) is 1.26. The molecular weight excluding hydrogens is 642 g/mol. The lowest BCUT2D eigenvalue weighted by molar-refractivity contribution is -0.120. The lowest BCUT2D eigenvalue weighted by atomic mass is 9.92. The summed E-state index contributed by atoms with van der Waals surface area (Å²) in [5.41, 5.74) is -1.82. The predicted molar refractivity (Wildman–Crippen MR) is 174 cm³/mol. The van der Waals surface area contributed by atoms with Gasteiger partial charge in [0.25, 0.3) is 6.47 Å². The Morgan fingerprint density at radius 1 is 1.10 bits per heavy atom. The highest BCUT2D eigenvalue weighted by atomic mass is 19.1. The number of alkyl halides is 1. The summed E-state index contributed by atoms with van der Waals surface area (Å²) in [6.45, 7) is 2.40. The van der Waals surface area contributed by atoms with Crippen molar-refractivity contribution in [1.29, 1.82) is 0 Å². The number of benzene rings is 3. The van der Waals surface area contributed by atoms with E-state index < -0.39 is 34.7 Å². The minimum atomic E-state index is -1.10. The largest absolute Gasteiger partial charge is 0.493 e. The molecule has 1 N–H and O–H groups in total. The van der Waals surface area contributed by atoms with Crippen molar-refractivity contribution in [1.82, 2.24) is 20.2 Å². The number of ether oxygens (including phenoxy) is 3. The van der Waals surface area contributed by atoms with Gasteiger partial charge in [0.05, 0.1) is 29.2 Å². The maximum absolute atomic E-state index is 17.2. The number of methoxy groups -OCH3 is 1. The van der Waals surface area contributed by atoms with Crippen LogP contribution in [0, 0.1) is 29.8 Å². The molecule has 4 fully saturated rings. The highest BCUT2D eigenvalue weighted by Gasteiger charge is 2.49. The molecule has 254 valence electrons. The van der Waals surface area contributed by atoms with Crippen LogP contribution in [-0.2, 0) is 4.79 Å². The van der Waals surface area contributed by atoms with Crippen LogP contribution in [-0.4, -0.2) is 85.0 Å². The average molecular weight is 676 g/mol. The van der Waals surface area contributed by atoms with Crippen molar-refractivity contribution in [2.24, 2.45) is 0 Å². The fourth-order valence-corrected chi connectivity index (χ4v) is 8.45. The average Bonchev–Trinajstić information content (AvgIpc) is 3.74. The summed E-state index contributed by atoms with van der Waals surface area (Å²) >= 11 is 0. The van der Waals surface area contributed by atoms with Crippen LogP contribution in [0.25, 0.3) is 32.8 Å². The summed E-state index contributed by atoms with van der Waals surface area (Å²) < 4.78 is 80.7. The number of hydrogen-bond donors (Lipinski definition) is 1. The van der Waals surface area contributed by atoms with Crippen molar-refractivity contribution in [3.63, 3.8) is 0 Å². The predicted octanol–water partition coefficient (Wildman–Crippen LogP) is 5.29. The minimum Gasteiger partial charge on any atom is -0.493 e. The molecule has 4 saturated heterocycles. The van der Waals surface area contributed by atoms with E-state index >= 15 is 13.2 Å². The van der Waals surface area contributed by atoms with Gasteiger partial charge in [0.1, 0.15) is 35.7 Å². The molecule has 4 atom stereocenters. The second kappa shape index (κ2) is 12.0. The van der Waals surface area contributed by atoms with Gasteiger partial charge in [-0.3, -0.25) is 9.69 Å². The highest BCUT2D eigenvalue weighted by Crippen LogP contribution is 2.47. The molecule has 13 heteroatoms. The maximum Gasteiger partial charge on any atom is 0.319 e. The van der Waals surface area contributed by atoms with Crippen LogP contribution in [0.5, 0.6) is 17.5 Å². The minimum absolute atomic E-state index is 0.00759. The van der Waals surface area contributed by atoms with Crippen molar-refractivity contribution in [2.45, 2.75) is 55.9 Å². The Kier molecular flexibility index (Phi) is 7.76. The smallest absolute Gasteiger partial charge is 0.319 e. The van der Waals surface area contributed by atoms with E-state index in [0.29, 0.717) is 26.1 Å². The number of anilines is 1. The first-order chi connectivity index (χ1) is 23.7. The fourth-order valence-electron chi connectivity index (χ4n) is 8.45. The van der Waals surface area contributed by atoms with Gasteiger partial charge in [-0.2, -0.15) is 9.97 Å². The van der Waals surface area contributed by atoms with Crippen molar-refractivity contribution in [3.05, 3.63) is 47.3 Å². The van der Waals surface area contributed by atoms with E-state index in [1.165, 1.54) is 25.3 Å². The van der Waals surface area contributed by atoms with Crippen LogP contribution in [0.1, 0.15) is 37.7 Å².